The third-order valence-corrected chi connectivity index (χ3v) is 23.2. The molecule has 15 aromatic rings. The number of piperidine rings is 1. The molecule has 8 aromatic carbocycles. The molecule has 612 valence electrons. The van der Waals surface area contributed by atoms with Crippen molar-refractivity contribution in [2.24, 2.45) is 0 Å². The second-order valence-corrected chi connectivity index (χ2v) is 32.2. The highest BCUT2D eigenvalue weighted by Crippen LogP contribution is 2.37. The van der Waals surface area contributed by atoms with Crippen molar-refractivity contribution in [1.82, 2.24) is 58.7 Å². The number of nitrogens with zero attached hydrogens (tertiary/aromatic N) is 12. The number of hydrogen-bond donors (Lipinski definition) is 0. The van der Waals surface area contributed by atoms with Crippen LogP contribution in [0.25, 0.3) is 22.7 Å². The Hall–Kier alpha value is -12.5. The molecule has 0 atom stereocenters. The van der Waals surface area contributed by atoms with Gasteiger partial charge in [0.15, 0.2) is 5.69 Å². The van der Waals surface area contributed by atoms with Gasteiger partial charge in [-0.05, 0) is 162 Å². The first-order chi connectivity index (χ1) is 58.5. The molecule has 8 heterocycles. The van der Waals surface area contributed by atoms with Crippen LogP contribution in [-0.4, -0.2) is 103 Å². The number of likely N-dealkylation sites (tertiary alicyclic amines) is 1. The Morgan fingerprint density at radius 1 is 0.425 bits per heavy atom. The topological polar surface area (TPSA) is 162 Å². The number of amides is 4. The van der Waals surface area contributed by atoms with Crippen LogP contribution in [0, 0.1) is 6.92 Å². The molecular formula is C96H92ClF3N12O5S3. The lowest BCUT2D eigenvalue weighted by Gasteiger charge is -2.32. The van der Waals surface area contributed by atoms with E-state index in [9.17, 15) is 32.3 Å². The molecule has 1 aliphatic rings. The smallest absolute Gasteiger partial charge is 0.434 e. The maximum absolute atomic E-state index is 14.0. The minimum Gasteiger partial charge on any atom is -0.496 e. The average molecular weight is 1680 g/mol. The van der Waals surface area contributed by atoms with Gasteiger partial charge in [-0.25, -0.2) is 18.7 Å². The molecule has 0 saturated carbocycles. The van der Waals surface area contributed by atoms with Crippen LogP contribution < -0.4 is 4.74 Å². The van der Waals surface area contributed by atoms with Gasteiger partial charge in [0.05, 0.1) is 114 Å². The Morgan fingerprint density at radius 2 is 0.783 bits per heavy atom. The second-order valence-electron chi connectivity index (χ2n) is 28.7. The summed E-state index contributed by atoms with van der Waals surface area (Å²) in [4.78, 5) is 64.3. The number of aromatic nitrogens is 8. The van der Waals surface area contributed by atoms with Crippen molar-refractivity contribution in [3.05, 3.63) is 395 Å². The fraction of sp³-hybridized carbons (Fsp3) is 0.208. The van der Waals surface area contributed by atoms with Gasteiger partial charge in [0.25, 0.3) is 23.6 Å². The van der Waals surface area contributed by atoms with E-state index in [1.807, 2.05) is 242 Å². The monoisotopic (exact) mass is 1680 g/mol. The molecule has 24 heteroatoms. The van der Waals surface area contributed by atoms with E-state index in [4.69, 9.17) is 16.3 Å². The molecule has 120 heavy (non-hydrogen) atoms. The Bertz CT molecular complexity index is 5710. The van der Waals surface area contributed by atoms with Crippen LogP contribution in [0.5, 0.6) is 5.75 Å². The Kier molecular flexibility index (Phi) is 29.7. The summed E-state index contributed by atoms with van der Waals surface area (Å²) in [5, 5.41) is 24.1. The maximum atomic E-state index is 14.0. The number of carbonyl (C=O) groups excluding carboxylic acids is 4. The number of halogens is 4. The summed E-state index contributed by atoms with van der Waals surface area (Å²) in [5.74, 6) is 0.743. The summed E-state index contributed by atoms with van der Waals surface area (Å²) in [5.41, 5.74) is 10.6. The molecule has 4 amide bonds. The minimum absolute atomic E-state index is 0.0258. The normalized spacial score (nSPS) is 11.9. The van der Waals surface area contributed by atoms with Crippen LogP contribution in [0.4, 0.5) is 13.2 Å². The van der Waals surface area contributed by atoms with Crippen LogP contribution in [0.2, 0.25) is 5.02 Å². The molecule has 0 bridgehead atoms. The van der Waals surface area contributed by atoms with Crippen molar-refractivity contribution >= 4 is 69.2 Å². The summed E-state index contributed by atoms with van der Waals surface area (Å²) >= 11 is 10.8. The first-order valence-electron chi connectivity index (χ1n) is 39.8. The van der Waals surface area contributed by atoms with Crippen LogP contribution in [-0.2, 0) is 58.3 Å². The van der Waals surface area contributed by atoms with Crippen molar-refractivity contribution in [3.8, 4) is 28.5 Å². The van der Waals surface area contributed by atoms with Crippen LogP contribution in [0.1, 0.15) is 147 Å². The number of ether oxygens (including phenoxy) is 1. The summed E-state index contributed by atoms with van der Waals surface area (Å²) in [7, 11) is 1.72. The van der Waals surface area contributed by atoms with Gasteiger partial charge in [-0.3, -0.25) is 19.2 Å². The molecule has 0 radical (unpaired) electrons. The number of hydrogen-bond acceptors (Lipinski definition) is 12. The third kappa shape index (κ3) is 21.9. The Balaban J connectivity index is 0.000000138. The van der Waals surface area contributed by atoms with Crippen molar-refractivity contribution < 1.29 is 37.1 Å². The first kappa shape index (κ1) is 85.3. The molecule has 0 N–H and O–H groups in total. The highest BCUT2D eigenvalue weighted by Gasteiger charge is 2.42. The van der Waals surface area contributed by atoms with E-state index in [1.165, 1.54) is 38.8 Å². The fourth-order valence-electron chi connectivity index (χ4n) is 14.5. The highest BCUT2D eigenvalue weighted by molar-refractivity contribution is 7.10. The summed E-state index contributed by atoms with van der Waals surface area (Å²) in [6.45, 7) is 10.4. The average Bonchev–Trinajstić information content (AvgIpc) is 1.64. The van der Waals surface area contributed by atoms with Crippen molar-refractivity contribution in [1.29, 1.82) is 0 Å². The lowest BCUT2D eigenvalue weighted by Crippen LogP contribution is -2.38. The van der Waals surface area contributed by atoms with Crippen LogP contribution in [0.3, 0.4) is 0 Å². The lowest BCUT2D eigenvalue weighted by atomic mass is 9.88. The zero-order valence-electron chi connectivity index (χ0n) is 67.1. The number of methoxy groups -OCH3 is 1. The quantitative estimate of drug-likeness (QED) is 0.0514. The van der Waals surface area contributed by atoms with E-state index in [2.05, 4.69) is 76.0 Å². The zero-order valence-corrected chi connectivity index (χ0v) is 70.3. The second kappa shape index (κ2) is 41.7. The van der Waals surface area contributed by atoms with Gasteiger partial charge in [0.2, 0.25) is 0 Å². The fourth-order valence-corrected chi connectivity index (χ4v) is 16.8. The molecule has 17 nitrogen and oxygen atoms in total. The number of carbonyl (C=O) groups is 4. The van der Waals surface area contributed by atoms with Gasteiger partial charge in [-0.1, -0.05) is 220 Å². The van der Waals surface area contributed by atoms with Crippen molar-refractivity contribution in [2.45, 2.75) is 111 Å². The SMILES string of the molecule is CCCc1c(C(=O)N(Cc2ccccc2)Cc2cccs2)cnn1-c1ccccc1.CCCc1c(C(=O)N2CCC(c3ccccc3OC)CC2)cnn1-c1ccccc1.Cc1c(C(=O)N(Cc2ccccc2)Cc2cccs2)cnn1-c1ccc(Cl)cc1.O=C(c1cnn(-c2ccccc2)c1C(F)(F)F)N(Cc1ccccc1)Cc1cccs1. The third-order valence-electron chi connectivity index (χ3n) is 20.4. The first-order valence-corrected chi connectivity index (χ1v) is 42.8. The Labute approximate surface area is 714 Å². The predicted molar refractivity (Wildman–Crippen MR) is 471 cm³/mol. The van der Waals surface area contributed by atoms with Gasteiger partial charge in [-0.15, -0.1) is 34.0 Å². The van der Waals surface area contributed by atoms with Crippen LogP contribution >= 0.6 is 45.6 Å². The number of benzene rings is 8. The molecule has 7 aromatic heterocycles. The molecule has 1 fully saturated rings. The van der Waals surface area contributed by atoms with Crippen molar-refractivity contribution in [2.75, 3.05) is 20.2 Å². The molecule has 0 aliphatic carbocycles. The molecule has 0 unspecified atom stereocenters. The molecule has 1 aliphatic heterocycles. The molecule has 0 spiro atoms. The van der Waals surface area contributed by atoms with Gasteiger partial charge in [-0.2, -0.15) is 33.6 Å². The molecule has 1 saturated heterocycles. The van der Waals surface area contributed by atoms with Crippen molar-refractivity contribution in [3.63, 3.8) is 0 Å². The number of thiophene rings is 3. The molecular weight excluding hydrogens is 1590 g/mol. The predicted octanol–water partition coefficient (Wildman–Crippen LogP) is 22.1. The van der Waals surface area contributed by atoms with Gasteiger partial charge < -0.3 is 24.3 Å². The lowest BCUT2D eigenvalue weighted by molar-refractivity contribution is -0.143. The highest BCUT2D eigenvalue weighted by atomic mass is 35.5. The van der Waals surface area contributed by atoms with E-state index in [0.717, 1.165) is 134 Å². The van der Waals surface area contributed by atoms with Gasteiger partial charge in [0, 0.05) is 52.4 Å². The van der Waals surface area contributed by atoms with Gasteiger partial charge in [0.1, 0.15) is 5.75 Å². The van der Waals surface area contributed by atoms with E-state index in [-0.39, 0.29) is 36.5 Å². The largest absolute Gasteiger partial charge is 0.496 e. The summed E-state index contributed by atoms with van der Waals surface area (Å²) in [6, 6.07) is 84.9. The summed E-state index contributed by atoms with van der Waals surface area (Å²) in [6.07, 6.45) is 6.81. The number of rotatable bonds is 26. The number of alkyl halides is 3. The van der Waals surface area contributed by atoms with E-state index in [0.29, 0.717) is 48.2 Å². The minimum atomic E-state index is -4.75. The van der Waals surface area contributed by atoms with Crippen LogP contribution in [0.15, 0.2) is 308 Å². The maximum Gasteiger partial charge on any atom is 0.434 e. The Morgan fingerprint density at radius 3 is 1.21 bits per heavy atom. The number of para-hydroxylation sites is 4. The zero-order chi connectivity index (χ0) is 83.7. The van der Waals surface area contributed by atoms with E-state index >= 15 is 0 Å². The molecule has 16 rings (SSSR count). The standard InChI is InChI=1S/C25H29N3O2.C25H25N3OS.C23H20ClN3OS.C23H18F3N3OS/c1-3-9-23-22(18-26-28(23)20-10-5-4-6-11-20)25(29)27-16-14-19(15-17-27)21-12-7-8-13-24(21)30-2;1-2-10-24-23(17-26-28(24)21-13-7-4-8-14-21)25(29)27(19-22-15-9-16-30-22)18-20-11-5-3-6-12-20;1-17-22(14-25-27(17)20-11-9-19(24)10-12-20)23(28)26(16-21-8-5-13-29-21)15-18-6-3-2-4-7-18;24-23(25,26)21-20(14-27-29(21)18-10-5-2-6-11-18)22(30)28(16-19-12-7-13-31-19)15-17-8-3-1-4-9-17/h4-8,10-13,18-19H,3,9,14-17H2,1-2H3;3-9,11-17H,2,10,18-19H2,1H3;2-14H,15-16H2,1H3;1-14H,15-16H2. The van der Waals surface area contributed by atoms with E-state index < -0.39 is 23.3 Å². The van der Waals surface area contributed by atoms with Gasteiger partial charge >= 0.3 is 6.18 Å². The summed E-state index contributed by atoms with van der Waals surface area (Å²) < 4.78 is 54.0. The van der Waals surface area contributed by atoms with E-state index in [1.54, 1.807) is 71.3 Å².